The number of aromatic amines is 2. The zero-order valence-corrected chi connectivity index (χ0v) is 26.1. The van der Waals surface area contributed by atoms with Gasteiger partial charge in [-0.1, -0.05) is 91.0 Å². The molecule has 0 radical (unpaired) electrons. The number of fused-ring (bicyclic) bond motifs is 8. The molecule has 0 saturated carbocycles. The molecule has 0 spiro atoms. The van der Waals surface area contributed by atoms with Gasteiger partial charge in [-0.2, -0.15) is 0 Å². The van der Waals surface area contributed by atoms with E-state index in [4.69, 9.17) is 9.97 Å². The van der Waals surface area contributed by atoms with Crippen molar-refractivity contribution in [3.8, 4) is 33.4 Å². The summed E-state index contributed by atoms with van der Waals surface area (Å²) in [5, 5.41) is 0. The van der Waals surface area contributed by atoms with E-state index in [1.54, 1.807) is 0 Å². The minimum absolute atomic E-state index is 0. The zero-order valence-electron chi connectivity index (χ0n) is 23.4. The Morgan fingerprint density at radius 3 is 1.11 bits per heavy atom. The number of rotatable bonds is 3. The minimum atomic E-state index is 0. The molecule has 0 saturated heterocycles. The second-order valence-electron chi connectivity index (χ2n) is 10.5. The molecule has 0 fully saturated rings. The number of hydrogen-bond acceptors (Lipinski definition) is 2. The Morgan fingerprint density at radius 1 is 0.386 bits per heavy atom. The van der Waals surface area contributed by atoms with Crippen LogP contribution in [-0.4, -0.2) is 19.9 Å². The monoisotopic (exact) mass is 672 g/mol. The van der Waals surface area contributed by atoms with Crippen LogP contribution in [-0.2, 0) is 17.1 Å². The molecule has 2 aliphatic heterocycles. The van der Waals surface area contributed by atoms with Crippen LogP contribution in [0.5, 0.6) is 0 Å². The van der Waals surface area contributed by atoms with Crippen LogP contribution in [0, 0.1) is 0 Å². The predicted octanol–water partition coefficient (Wildman–Crippen LogP) is 10.4. The van der Waals surface area contributed by atoms with Crippen LogP contribution in [0.25, 0.3) is 79.8 Å². The number of hydrogen-bond donors (Lipinski definition) is 2. The fraction of sp³-hybridized carbons (Fsp3) is 0. The topological polar surface area (TPSA) is 57.4 Å². The summed E-state index contributed by atoms with van der Waals surface area (Å²) in [6.07, 6.45) is 8.40. The molecule has 0 unspecified atom stereocenters. The number of aromatic nitrogens is 4. The third-order valence-electron chi connectivity index (χ3n) is 7.88. The van der Waals surface area contributed by atoms with Crippen LogP contribution >= 0.6 is 15.9 Å². The van der Waals surface area contributed by atoms with Gasteiger partial charge in [-0.05, 0) is 81.2 Å². The van der Waals surface area contributed by atoms with Gasteiger partial charge in [0.05, 0.1) is 32.8 Å². The number of H-pyrrole nitrogens is 2. The number of benzene rings is 3. The molecule has 212 valence electrons. The van der Waals surface area contributed by atoms with E-state index in [9.17, 15) is 0 Å². The maximum Gasteiger partial charge on any atom is 0.0801 e. The van der Waals surface area contributed by atoms with Crippen molar-refractivity contribution in [2.24, 2.45) is 0 Å². The molecule has 8 rings (SSSR count). The van der Waals surface area contributed by atoms with Gasteiger partial charge in [-0.3, -0.25) is 0 Å². The predicted molar refractivity (Wildman–Crippen MR) is 183 cm³/mol. The van der Waals surface area contributed by atoms with Crippen LogP contribution < -0.4 is 0 Å². The molecule has 4 nitrogen and oxygen atoms in total. The molecule has 2 aliphatic rings. The summed E-state index contributed by atoms with van der Waals surface area (Å²) in [4.78, 5) is 17.8. The molecular weight excluding hydrogens is 648 g/mol. The molecule has 0 atom stereocenters. The first kappa shape index (κ1) is 28.1. The molecule has 8 bridgehead atoms. The first-order valence-corrected chi connectivity index (χ1v) is 15.0. The Balaban J connectivity index is 0.00000312. The van der Waals surface area contributed by atoms with Crippen molar-refractivity contribution in [2.45, 2.75) is 0 Å². The molecule has 2 N–H and O–H groups in total. The van der Waals surface area contributed by atoms with Gasteiger partial charge in [0.25, 0.3) is 0 Å². The molecule has 5 heterocycles. The molecule has 3 aromatic carbocycles. The van der Waals surface area contributed by atoms with Gasteiger partial charge < -0.3 is 9.97 Å². The SMILES string of the molecule is Brc1c2nc(c(-c3ccccc3)c3ccc([nH]3)c(-c3ccccc3)c3nc(c(-c4ccccc4)c4ccc1[nH]4)C=C3)C=C2.[Fe]. The van der Waals surface area contributed by atoms with Crippen LogP contribution in [0.3, 0.4) is 0 Å². The average Bonchev–Trinajstić information content (AvgIpc) is 3.88. The van der Waals surface area contributed by atoms with Crippen molar-refractivity contribution in [2.75, 3.05) is 0 Å². The number of nitrogens with zero attached hydrogens (tertiary/aromatic N) is 2. The van der Waals surface area contributed by atoms with Gasteiger partial charge in [0.2, 0.25) is 0 Å². The Morgan fingerprint density at radius 2 is 0.705 bits per heavy atom. The molecular formula is C38H25BrFeN4. The second kappa shape index (κ2) is 11.7. The van der Waals surface area contributed by atoms with Crippen molar-refractivity contribution in [1.29, 1.82) is 0 Å². The Kier molecular flexibility index (Phi) is 7.49. The smallest absolute Gasteiger partial charge is 0.0801 e. The van der Waals surface area contributed by atoms with Crippen molar-refractivity contribution >= 4 is 62.3 Å². The second-order valence-corrected chi connectivity index (χ2v) is 11.3. The fourth-order valence-electron chi connectivity index (χ4n) is 5.90. The number of nitrogens with one attached hydrogen (secondary N) is 2. The summed E-state index contributed by atoms with van der Waals surface area (Å²) < 4.78 is 0.903. The summed E-state index contributed by atoms with van der Waals surface area (Å²) in [7, 11) is 0. The van der Waals surface area contributed by atoms with E-state index in [1.165, 1.54) is 0 Å². The molecule has 6 heteroatoms. The van der Waals surface area contributed by atoms with Crippen molar-refractivity contribution < 1.29 is 17.1 Å². The van der Waals surface area contributed by atoms with Gasteiger partial charge in [-0.15, -0.1) is 0 Å². The molecule has 0 aliphatic carbocycles. The summed E-state index contributed by atoms with van der Waals surface area (Å²) in [6, 6.07) is 39.8. The van der Waals surface area contributed by atoms with Crippen LogP contribution in [0.1, 0.15) is 22.8 Å². The van der Waals surface area contributed by atoms with E-state index in [0.29, 0.717) is 0 Å². The zero-order chi connectivity index (χ0) is 28.8. The molecule has 3 aromatic heterocycles. The standard InChI is InChI=1S/C38H25BrN4.Fe/c39-38-33-22-20-31(42-33)36(25-12-6-2-7-13-25)29-18-16-27(40-29)35(24-10-4-1-5-11-24)28-17-19-30(41-28)37(26-14-8-3-9-15-26)32-21-23-34(38)43-32;/h1-23,40,43H;. The van der Waals surface area contributed by atoms with E-state index >= 15 is 0 Å². The summed E-state index contributed by atoms with van der Waals surface area (Å²) in [5.74, 6) is 0. The Labute approximate surface area is 273 Å². The summed E-state index contributed by atoms with van der Waals surface area (Å²) in [5.41, 5.74) is 13.9. The van der Waals surface area contributed by atoms with Crippen molar-refractivity contribution in [1.82, 2.24) is 19.9 Å². The maximum absolute atomic E-state index is 5.28. The molecule has 6 aromatic rings. The first-order valence-electron chi connectivity index (χ1n) is 14.2. The maximum atomic E-state index is 5.28. The fourth-order valence-corrected chi connectivity index (χ4v) is 6.35. The molecule has 44 heavy (non-hydrogen) atoms. The summed E-state index contributed by atoms with van der Waals surface area (Å²) in [6.45, 7) is 0. The first-order chi connectivity index (χ1) is 21.2. The van der Waals surface area contributed by atoms with E-state index in [-0.39, 0.29) is 17.1 Å². The normalized spacial score (nSPS) is 11.8. The summed E-state index contributed by atoms with van der Waals surface area (Å²) >= 11 is 3.86. The van der Waals surface area contributed by atoms with E-state index in [0.717, 1.165) is 82.7 Å². The van der Waals surface area contributed by atoms with Crippen LogP contribution in [0.2, 0.25) is 0 Å². The van der Waals surface area contributed by atoms with Crippen LogP contribution in [0.4, 0.5) is 0 Å². The van der Waals surface area contributed by atoms with Crippen LogP contribution in [0.15, 0.2) is 120 Å². The van der Waals surface area contributed by atoms with Gasteiger partial charge in [0, 0.05) is 50.3 Å². The van der Waals surface area contributed by atoms with Crippen molar-refractivity contribution in [3.05, 3.63) is 143 Å². The van der Waals surface area contributed by atoms with Gasteiger partial charge in [-0.25, -0.2) is 9.97 Å². The average molecular weight is 673 g/mol. The largest absolute Gasteiger partial charge is 0.354 e. The third-order valence-corrected chi connectivity index (χ3v) is 8.71. The van der Waals surface area contributed by atoms with E-state index in [1.807, 2.05) is 18.2 Å². The Bertz CT molecular complexity index is 2190. The number of halogens is 1. The van der Waals surface area contributed by atoms with Crippen molar-refractivity contribution in [3.63, 3.8) is 0 Å². The quantitative estimate of drug-likeness (QED) is 0.184. The Hall–Kier alpha value is -4.74. The van der Waals surface area contributed by atoms with Gasteiger partial charge in [0.15, 0.2) is 0 Å². The van der Waals surface area contributed by atoms with E-state index < -0.39 is 0 Å². The van der Waals surface area contributed by atoms with Gasteiger partial charge in [0.1, 0.15) is 0 Å². The van der Waals surface area contributed by atoms with E-state index in [2.05, 4.69) is 147 Å². The van der Waals surface area contributed by atoms with Gasteiger partial charge >= 0.3 is 0 Å². The third kappa shape index (κ3) is 4.97. The minimum Gasteiger partial charge on any atom is -0.354 e. The molecule has 0 amide bonds.